The first-order valence-electron chi connectivity index (χ1n) is 6.77. The van der Waals surface area contributed by atoms with Crippen LogP contribution in [-0.2, 0) is 9.53 Å². The third-order valence-corrected chi connectivity index (χ3v) is 3.69. The Hall–Kier alpha value is -2.21. The molecular weight excluding hydrogens is 308 g/mol. The van der Waals surface area contributed by atoms with Gasteiger partial charge >= 0.3 is 12.0 Å². The maximum atomic E-state index is 12.2. The minimum absolute atomic E-state index is 0.238. The molecule has 0 aromatic heterocycles. The largest absolute Gasteiger partial charge is 0.495 e. The van der Waals surface area contributed by atoms with Gasteiger partial charge in [-0.05, 0) is 19.9 Å². The third-order valence-electron chi connectivity index (χ3n) is 3.29. The summed E-state index contributed by atoms with van der Waals surface area (Å²) in [4.78, 5) is 24.0. The van der Waals surface area contributed by atoms with Crippen LogP contribution in [0.25, 0.3) is 0 Å². The molecule has 0 saturated carbocycles. The van der Waals surface area contributed by atoms with E-state index >= 15 is 0 Å². The molecule has 1 aliphatic heterocycles. The van der Waals surface area contributed by atoms with Crippen LogP contribution in [0.5, 0.6) is 5.75 Å². The van der Waals surface area contributed by atoms with Crippen LogP contribution in [0.2, 0.25) is 5.02 Å². The zero-order valence-electron chi connectivity index (χ0n) is 12.5. The number of allylic oxidation sites excluding steroid dienone is 1. The van der Waals surface area contributed by atoms with Crippen LogP contribution >= 0.6 is 11.6 Å². The summed E-state index contributed by atoms with van der Waals surface area (Å²) in [6.07, 6.45) is 0. The van der Waals surface area contributed by atoms with Crippen molar-refractivity contribution in [2.24, 2.45) is 0 Å². The molecule has 0 fully saturated rings. The van der Waals surface area contributed by atoms with Crippen LogP contribution in [0, 0.1) is 0 Å². The van der Waals surface area contributed by atoms with E-state index in [4.69, 9.17) is 21.1 Å². The molecule has 0 bridgehead atoms. The van der Waals surface area contributed by atoms with Crippen molar-refractivity contribution in [2.75, 3.05) is 13.7 Å². The number of carbonyl (C=O) groups excluding carboxylic acids is 2. The number of benzene rings is 1. The predicted octanol–water partition coefficient (Wildman–Crippen LogP) is 2.54. The van der Waals surface area contributed by atoms with E-state index in [1.165, 1.54) is 7.11 Å². The van der Waals surface area contributed by atoms with Gasteiger partial charge in [0.25, 0.3) is 0 Å². The molecule has 0 saturated heterocycles. The molecule has 0 spiro atoms. The summed E-state index contributed by atoms with van der Waals surface area (Å²) in [5.74, 6) is -0.0378. The zero-order chi connectivity index (χ0) is 16.3. The van der Waals surface area contributed by atoms with Crippen LogP contribution in [0.15, 0.2) is 29.5 Å². The normalized spacial score (nSPS) is 17.6. The Morgan fingerprint density at radius 2 is 2.14 bits per heavy atom. The van der Waals surface area contributed by atoms with E-state index in [-0.39, 0.29) is 6.61 Å². The number of carbonyl (C=O) groups is 2. The fraction of sp³-hybridized carbons (Fsp3) is 0.333. The van der Waals surface area contributed by atoms with Gasteiger partial charge in [0.05, 0.1) is 30.4 Å². The van der Waals surface area contributed by atoms with Gasteiger partial charge in [-0.15, -0.1) is 0 Å². The number of nitrogens with one attached hydrogen (secondary N) is 2. The molecule has 7 heteroatoms. The van der Waals surface area contributed by atoms with Gasteiger partial charge in [-0.1, -0.05) is 23.7 Å². The quantitative estimate of drug-likeness (QED) is 0.834. The lowest BCUT2D eigenvalue weighted by Crippen LogP contribution is -2.45. The van der Waals surface area contributed by atoms with Crippen molar-refractivity contribution in [1.82, 2.24) is 10.6 Å². The number of amides is 2. The number of hydrogen-bond acceptors (Lipinski definition) is 4. The van der Waals surface area contributed by atoms with Crippen LogP contribution in [0.4, 0.5) is 4.79 Å². The Kier molecular flexibility index (Phi) is 4.92. The third kappa shape index (κ3) is 3.01. The first-order chi connectivity index (χ1) is 10.5. The Morgan fingerprint density at radius 3 is 2.77 bits per heavy atom. The number of rotatable bonds is 4. The molecule has 2 N–H and O–H groups in total. The summed E-state index contributed by atoms with van der Waals surface area (Å²) in [6.45, 7) is 3.60. The van der Waals surface area contributed by atoms with Crippen LogP contribution < -0.4 is 15.4 Å². The van der Waals surface area contributed by atoms with Gasteiger partial charge in [-0.2, -0.15) is 0 Å². The summed E-state index contributed by atoms with van der Waals surface area (Å²) >= 11 is 6.31. The Morgan fingerprint density at radius 1 is 1.41 bits per heavy atom. The number of esters is 1. The van der Waals surface area contributed by atoms with Gasteiger partial charge in [0, 0.05) is 11.3 Å². The minimum atomic E-state index is -0.699. The highest BCUT2D eigenvalue weighted by atomic mass is 35.5. The maximum Gasteiger partial charge on any atom is 0.338 e. The standard InChI is InChI=1S/C15H17ClN2O4/c1-4-22-14(19)11-8(2)17-15(20)18-13(11)9-6-5-7-10(21-3)12(9)16/h5-7,13H,4H2,1-3H3,(H2,17,18,20). The lowest BCUT2D eigenvalue weighted by atomic mass is 9.95. The van der Waals surface area contributed by atoms with Crippen LogP contribution in [0.3, 0.4) is 0 Å². The lowest BCUT2D eigenvalue weighted by Gasteiger charge is -2.28. The molecule has 1 aromatic rings. The highest BCUT2D eigenvalue weighted by molar-refractivity contribution is 6.33. The molecule has 118 valence electrons. The second-order valence-electron chi connectivity index (χ2n) is 4.65. The predicted molar refractivity (Wildman–Crippen MR) is 81.7 cm³/mol. The van der Waals surface area contributed by atoms with Crippen molar-refractivity contribution in [1.29, 1.82) is 0 Å². The van der Waals surface area contributed by atoms with E-state index in [2.05, 4.69) is 10.6 Å². The second kappa shape index (κ2) is 6.70. The number of methoxy groups -OCH3 is 1. The van der Waals surface area contributed by atoms with Gasteiger partial charge in [0.2, 0.25) is 0 Å². The molecule has 1 atom stereocenters. The maximum absolute atomic E-state index is 12.2. The van der Waals surface area contributed by atoms with Gasteiger partial charge in [0.15, 0.2) is 0 Å². The fourth-order valence-electron chi connectivity index (χ4n) is 2.31. The number of urea groups is 1. The topological polar surface area (TPSA) is 76.7 Å². The SMILES string of the molecule is CCOC(=O)C1=C(C)NC(=O)NC1c1cccc(OC)c1Cl. The van der Waals surface area contributed by atoms with E-state index < -0.39 is 18.0 Å². The van der Waals surface area contributed by atoms with Gasteiger partial charge in [0.1, 0.15) is 5.75 Å². The van der Waals surface area contributed by atoms with E-state index in [1.54, 1.807) is 32.0 Å². The Labute approximate surface area is 133 Å². The van der Waals surface area contributed by atoms with E-state index in [0.717, 1.165) is 0 Å². The van der Waals surface area contributed by atoms with Crippen LogP contribution in [-0.4, -0.2) is 25.7 Å². The number of ether oxygens (including phenoxy) is 2. The number of halogens is 1. The molecule has 1 aliphatic rings. The summed E-state index contributed by atoms with van der Waals surface area (Å²) < 4.78 is 10.3. The summed E-state index contributed by atoms with van der Waals surface area (Å²) in [6, 6.07) is 4.07. The molecule has 22 heavy (non-hydrogen) atoms. The smallest absolute Gasteiger partial charge is 0.338 e. The lowest BCUT2D eigenvalue weighted by molar-refractivity contribution is -0.139. The molecule has 1 aromatic carbocycles. The molecule has 0 aliphatic carbocycles. The van der Waals surface area contributed by atoms with Gasteiger partial charge in [-0.25, -0.2) is 9.59 Å². The number of hydrogen-bond donors (Lipinski definition) is 2. The highest BCUT2D eigenvalue weighted by Gasteiger charge is 2.33. The van der Waals surface area contributed by atoms with Crippen molar-refractivity contribution < 1.29 is 19.1 Å². The van der Waals surface area contributed by atoms with Crippen molar-refractivity contribution in [3.8, 4) is 5.75 Å². The first kappa shape index (κ1) is 16.2. The van der Waals surface area contributed by atoms with E-state index in [1.807, 2.05) is 0 Å². The summed E-state index contributed by atoms with van der Waals surface area (Å²) in [5, 5.41) is 5.61. The van der Waals surface area contributed by atoms with Crippen molar-refractivity contribution in [3.63, 3.8) is 0 Å². The molecule has 2 rings (SSSR count). The Bertz CT molecular complexity index is 642. The molecule has 2 amide bonds. The summed E-state index contributed by atoms with van der Waals surface area (Å²) in [5.41, 5.74) is 1.32. The second-order valence-corrected chi connectivity index (χ2v) is 5.03. The van der Waals surface area contributed by atoms with Crippen molar-refractivity contribution in [3.05, 3.63) is 40.1 Å². The molecular formula is C15H17ClN2O4. The monoisotopic (exact) mass is 324 g/mol. The van der Waals surface area contributed by atoms with Crippen molar-refractivity contribution in [2.45, 2.75) is 19.9 Å². The average Bonchev–Trinajstić information content (AvgIpc) is 2.46. The molecule has 0 radical (unpaired) electrons. The van der Waals surface area contributed by atoms with Crippen molar-refractivity contribution >= 4 is 23.6 Å². The molecule has 1 unspecified atom stereocenters. The molecule has 1 heterocycles. The van der Waals surface area contributed by atoms with Crippen LogP contribution in [0.1, 0.15) is 25.5 Å². The first-order valence-corrected chi connectivity index (χ1v) is 7.15. The average molecular weight is 325 g/mol. The molecule has 6 nitrogen and oxygen atoms in total. The Balaban J connectivity index is 2.53. The highest BCUT2D eigenvalue weighted by Crippen LogP contribution is 2.36. The fourth-order valence-corrected chi connectivity index (χ4v) is 2.63. The van der Waals surface area contributed by atoms with E-state index in [9.17, 15) is 9.59 Å². The zero-order valence-corrected chi connectivity index (χ0v) is 13.3. The minimum Gasteiger partial charge on any atom is -0.495 e. The van der Waals surface area contributed by atoms with Gasteiger partial charge < -0.3 is 20.1 Å². The van der Waals surface area contributed by atoms with Gasteiger partial charge in [-0.3, -0.25) is 0 Å². The van der Waals surface area contributed by atoms with E-state index in [0.29, 0.717) is 27.6 Å². The summed E-state index contributed by atoms with van der Waals surface area (Å²) in [7, 11) is 1.50.